The van der Waals surface area contributed by atoms with E-state index in [0.717, 1.165) is 16.7 Å². The van der Waals surface area contributed by atoms with Gasteiger partial charge in [-0.25, -0.2) is 4.90 Å². The summed E-state index contributed by atoms with van der Waals surface area (Å²) in [6, 6.07) is 13.7. The molecule has 266 valence electrons. The van der Waals surface area contributed by atoms with Crippen LogP contribution in [0.4, 0.5) is 32.0 Å². The van der Waals surface area contributed by atoms with Crippen LogP contribution >= 0.6 is 0 Å². The lowest BCUT2D eigenvalue weighted by molar-refractivity contribution is -0.143. The fourth-order valence-electron chi connectivity index (χ4n) is 7.29. The highest BCUT2D eigenvalue weighted by Crippen LogP contribution is 2.49. The van der Waals surface area contributed by atoms with Gasteiger partial charge in [0.25, 0.3) is 0 Å². The number of fused-ring (bicyclic) bond motifs is 1. The number of phenolic OH excluding ortho intramolecular Hbond substituents is 1. The third kappa shape index (κ3) is 7.22. The van der Waals surface area contributed by atoms with E-state index in [1.165, 1.54) is 0 Å². The molecule has 3 aromatic carbocycles. The summed E-state index contributed by atoms with van der Waals surface area (Å²) in [6.07, 6.45) is -8.89. The summed E-state index contributed by atoms with van der Waals surface area (Å²) < 4.78 is 81.8. The Labute approximate surface area is 285 Å². The number of alkyl halides is 6. The van der Waals surface area contributed by atoms with Crippen molar-refractivity contribution in [2.75, 3.05) is 11.5 Å². The zero-order valence-electron chi connectivity index (χ0n) is 27.6. The number of anilines is 1. The molecule has 2 aliphatic rings. The molecule has 1 heterocycles. The second-order valence-electron chi connectivity index (χ2n) is 12.9. The van der Waals surface area contributed by atoms with Crippen molar-refractivity contribution < 1.29 is 51.3 Å². The molecule has 0 saturated carbocycles. The van der Waals surface area contributed by atoms with Crippen molar-refractivity contribution in [1.29, 1.82) is 0 Å². The molecule has 1 aliphatic carbocycles. The molecule has 1 saturated heterocycles. The predicted octanol–water partition coefficient (Wildman–Crippen LogP) is 8.25. The number of aliphatic hydroxyl groups excluding tert-OH is 2. The molecule has 4 atom stereocenters. The number of aromatic hydroxyl groups is 1. The van der Waals surface area contributed by atoms with E-state index in [1.54, 1.807) is 20.8 Å². The number of carbonyl (C=O) groups is 2. The van der Waals surface area contributed by atoms with Crippen molar-refractivity contribution >= 4 is 29.2 Å². The van der Waals surface area contributed by atoms with Crippen LogP contribution in [0.3, 0.4) is 0 Å². The van der Waals surface area contributed by atoms with Gasteiger partial charge in [-0.2, -0.15) is 26.3 Å². The number of benzene rings is 3. The quantitative estimate of drug-likeness (QED) is 0.0904. The van der Waals surface area contributed by atoms with E-state index in [1.807, 2.05) is 48.5 Å². The lowest BCUT2D eigenvalue weighted by Gasteiger charge is -2.36. The van der Waals surface area contributed by atoms with Gasteiger partial charge < -0.3 is 15.3 Å². The topological polar surface area (TPSA) is 98.1 Å². The Hall–Kier alpha value is -4.42. The van der Waals surface area contributed by atoms with Gasteiger partial charge in [0.15, 0.2) is 0 Å². The fourth-order valence-corrected chi connectivity index (χ4v) is 7.29. The first-order valence-electron chi connectivity index (χ1n) is 16.2. The number of hydrogen-bond donors (Lipinski definition) is 3. The highest BCUT2D eigenvalue weighted by Gasteiger charge is 2.55. The van der Waals surface area contributed by atoms with Gasteiger partial charge in [0.05, 0.1) is 41.4 Å². The number of phenols is 1. The molecular formula is C38H37F6NO5. The molecule has 5 rings (SSSR count). The van der Waals surface area contributed by atoms with Gasteiger partial charge in [0.1, 0.15) is 5.75 Å². The molecule has 0 unspecified atom stereocenters. The summed E-state index contributed by atoms with van der Waals surface area (Å²) in [7, 11) is 0. The smallest absolute Gasteiger partial charge is 0.416 e. The molecule has 6 nitrogen and oxygen atoms in total. The molecule has 12 heteroatoms. The second-order valence-corrected chi connectivity index (χ2v) is 12.9. The van der Waals surface area contributed by atoms with Crippen LogP contribution in [0.2, 0.25) is 0 Å². The Bertz CT molecular complexity index is 1790. The fraction of sp³-hybridized carbons (Fsp3) is 0.368. The molecule has 2 amide bonds. The van der Waals surface area contributed by atoms with E-state index in [4.69, 9.17) is 0 Å². The molecule has 50 heavy (non-hydrogen) atoms. The molecule has 1 fully saturated rings. The van der Waals surface area contributed by atoms with Crippen molar-refractivity contribution in [1.82, 2.24) is 0 Å². The maximum Gasteiger partial charge on any atom is 0.416 e. The number of carbonyl (C=O) groups excluding carboxylic acids is 2. The number of allylic oxidation sites excluding steroid dienone is 2. The first-order chi connectivity index (χ1) is 23.5. The van der Waals surface area contributed by atoms with E-state index in [9.17, 15) is 51.3 Å². The average molecular weight is 702 g/mol. The van der Waals surface area contributed by atoms with Gasteiger partial charge in [0, 0.05) is 5.92 Å². The number of imide groups is 1. The standard InChI is InChI=1S/C38H37F6NO5/c1-4-23-15-29-33(36(50)45(35(29)49)28-17-26(37(39,40)41)16-27(18-28)38(42,43)44)30(19-46)32(23)31(47)11-10-25(24-8-6-5-7-9-24)14-22-12-20(2)34(48)21(3)13-22/h5-9,12-14,16-18,29-31,33,46-48H,4,10-11,15,19H2,1-3H3/b25-14-/t29-,30+,31-,33-/m1/s1. The van der Waals surface area contributed by atoms with Crippen molar-refractivity contribution in [3.05, 3.63) is 105 Å². The summed E-state index contributed by atoms with van der Waals surface area (Å²) in [4.78, 5) is 27.8. The maximum absolute atomic E-state index is 13.8. The van der Waals surface area contributed by atoms with Gasteiger partial charge in [-0.15, -0.1) is 0 Å². The number of aryl methyl sites for hydroxylation is 2. The van der Waals surface area contributed by atoms with Crippen LogP contribution < -0.4 is 4.90 Å². The van der Waals surface area contributed by atoms with E-state index in [0.29, 0.717) is 52.1 Å². The number of amides is 2. The van der Waals surface area contributed by atoms with Crippen LogP contribution in [0.5, 0.6) is 5.75 Å². The molecule has 1 aliphatic heterocycles. The lowest BCUT2D eigenvalue weighted by Crippen LogP contribution is -2.39. The molecule has 0 aromatic heterocycles. The summed E-state index contributed by atoms with van der Waals surface area (Å²) in [5.41, 5.74) is 0.685. The maximum atomic E-state index is 13.8. The van der Waals surface area contributed by atoms with Crippen molar-refractivity contribution in [3.63, 3.8) is 0 Å². The van der Waals surface area contributed by atoms with E-state index in [2.05, 4.69) is 0 Å². The zero-order chi connectivity index (χ0) is 36.7. The molecule has 0 spiro atoms. The number of nitrogens with zero attached hydrogens (tertiary/aromatic N) is 1. The number of aliphatic hydroxyl groups is 2. The third-order valence-corrected chi connectivity index (χ3v) is 9.68. The summed E-state index contributed by atoms with van der Waals surface area (Å²) in [5, 5.41) is 32.5. The average Bonchev–Trinajstić information content (AvgIpc) is 3.32. The Kier molecular flexibility index (Phi) is 10.4. The largest absolute Gasteiger partial charge is 0.507 e. The van der Waals surface area contributed by atoms with Gasteiger partial charge in [-0.1, -0.05) is 48.9 Å². The van der Waals surface area contributed by atoms with E-state index >= 15 is 0 Å². The second kappa shape index (κ2) is 14.1. The Balaban J connectivity index is 1.48. The van der Waals surface area contributed by atoms with Crippen LogP contribution in [-0.4, -0.2) is 39.8 Å². The van der Waals surface area contributed by atoms with Gasteiger partial charge in [-0.05, 0) is 103 Å². The first kappa shape index (κ1) is 36.9. The van der Waals surface area contributed by atoms with Crippen molar-refractivity contribution in [3.8, 4) is 5.75 Å². The Morgan fingerprint density at radius 1 is 0.920 bits per heavy atom. The van der Waals surface area contributed by atoms with Gasteiger partial charge in [0.2, 0.25) is 11.8 Å². The third-order valence-electron chi connectivity index (χ3n) is 9.68. The van der Waals surface area contributed by atoms with Crippen LogP contribution in [0.15, 0.2) is 71.8 Å². The van der Waals surface area contributed by atoms with Gasteiger partial charge >= 0.3 is 12.4 Å². The molecule has 0 bridgehead atoms. The van der Waals surface area contributed by atoms with Crippen LogP contribution in [0.25, 0.3) is 11.6 Å². The van der Waals surface area contributed by atoms with E-state index < -0.39 is 71.4 Å². The number of hydrogen-bond acceptors (Lipinski definition) is 5. The van der Waals surface area contributed by atoms with Crippen molar-refractivity contribution in [2.24, 2.45) is 17.8 Å². The number of halogens is 6. The molecule has 0 radical (unpaired) electrons. The predicted molar refractivity (Wildman–Crippen MR) is 176 cm³/mol. The zero-order valence-corrected chi connectivity index (χ0v) is 27.6. The first-order valence-corrected chi connectivity index (χ1v) is 16.2. The minimum absolute atomic E-state index is 0.0519. The Morgan fingerprint density at radius 3 is 2.02 bits per heavy atom. The lowest BCUT2D eigenvalue weighted by atomic mass is 9.67. The molecule has 3 N–H and O–H groups in total. The minimum Gasteiger partial charge on any atom is -0.507 e. The molecule has 3 aromatic rings. The SMILES string of the molecule is CCC1=C([C@H](O)CC/C(=C/c2cc(C)c(O)c(C)c2)c2ccccc2)[C@H](CO)[C@@H]2C(=O)N(c3cc(C(F)(F)F)cc(C(F)(F)F)c3)C(=O)[C@@H]2C1. The van der Waals surface area contributed by atoms with Crippen molar-refractivity contribution in [2.45, 2.75) is 64.9 Å². The summed E-state index contributed by atoms with van der Waals surface area (Å²) in [5.74, 6) is -5.34. The summed E-state index contributed by atoms with van der Waals surface area (Å²) >= 11 is 0. The molecular weight excluding hydrogens is 664 g/mol. The normalized spacial score (nSPS) is 20.8. The highest BCUT2D eigenvalue weighted by molar-refractivity contribution is 6.22. The van der Waals surface area contributed by atoms with Crippen LogP contribution in [-0.2, 0) is 21.9 Å². The van der Waals surface area contributed by atoms with Crippen LogP contribution in [0, 0.1) is 31.6 Å². The monoisotopic (exact) mass is 701 g/mol. The Morgan fingerprint density at radius 2 is 1.50 bits per heavy atom. The van der Waals surface area contributed by atoms with Gasteiger partial charge in [-0.3, -0.25) is 9.59 Å². The number of rotatable bonds is 9. The summed E-state index contributed by atoms with van der Waals surface area (Å²) in [6.45, 7) is 4.65. The minimum atomic E-state index is -5.19. The van der Waals surface area contributed by atoms with E-state index in [-0.39, 0.29) is 24.7 Å². The highest BCUT2D eigenvalue weighted by atomic mass is 19.4. The van der Waals surface area contributed by atoms with Crippen LogP contribution in [0.1, 0.15) is 66.0 Å².